The third-order valence-electron chi connectivity index (χ3n) is 3.37. The average molecular weight is 249 g/mol. The first-order chi connectivity index (χ1) is 8.69. The summed E-state index contributed by atoms with van der Waals surface area (Å²) in [7, 11) is 2.18. The lowest BCUT2D eigenvalue weighted by atomic mass is 10.1. The lowest BCUT2D eigenvalue weighted by Gasteiger charge is -2.23. The van der Waals surface area contributed by atoms with Gasteiger partial charge in [0.15, 0.2) is 0 Å². The average Bonchev–Trinajstić information content (AvgIpc) is 2.40. The fraction of sp³-hybridized carbons (Fsp3) is 0.600. The van der Waals surface area contributed by atoms with E-state index < -0.39 is 0 Å². The van der Waals surface area contributed by atoms with Crippen molar-refractivity contribution < 1.29 is 0 Å². The summed E-state index contributed by atoms with van der Waals surface area (Å²) in [4.78, 5) is 4.82. The Morgan fingerprint density at radius 3 is 2.33 bits per heavy atom. The van der Waals surface area contributed by atoms with Crippen molar-refractivity contribution in [2.45, 2.75) is 26.9 Å². The van der Waals surface area contributed by atoms with Gasteiger partial charge in [0.2, 0.25) is 0 Å². The molecule has 0 spiro atoms. The molecule has 102 valence electrons. The Kier molecular flexibility index (Phi) is 6.94. The quantitative estimate of drug-likeness (QED) is 0.764. The molecule has 1 rings (SSSR count). The molecule has 0 heterocycles. The summed E-state index contributed by atoms with van der Waals surface area (Å²) in [5, 5.41) is 0. The molecule has 0 radical (unpaired) electrons. The minimum Gasteiger partial charge on any atom is -0.326 e. The fourth-order valence-corrected chi connectivity index (χ4v) is 2.10. The van der Waals surface area contributed by atoms with E-state index in [-0.39, 0.29) is 0 Å². The number of nitrogens with zero attached hydrogens (tertiary/aromatic N) is 2. The van der Waals surface area contributed by atoms with Gasteiger partial charge in [-0.2, -0.15) is 0 Å². The van der Waals surface area contributed by atoms with E-state index in [0.717, 1.165) is 32.7 Å². The second-order valence-corrected chi connectivity index (χ2v) is 4.79. The lowest BCUT2D eigenvalue weighted by Crippen LogP contribution is -2.32. The van der Waals surface area contributed by atoms with Crippen molar-refractivity contribution in [3.05, 3.63) is 35.4 Å². The van der Waals surface area contributed by atoms with Crippen LogP contribution in [0.2, 0.25) is 0 Å². The van der Waals surface area contributed by atoms with Crippen molar-refractivity contribution in [2.75, 3.05) is 33.2 Å². The lowest BCUT2D eigenvalue weighted by molar-refractivity contribution is 0.236. The van der Waals surface area contributed by atoms with Gasteiger partial charge in [-0.3, -0.25) is 0 Å². The Balaban J connectivity index is 2.41. The number of nitrogens with two attached hydrogens (primary N) is 1. The Hall–Kier alpha value is -0.900. The van der Waals surface area contributed by atoms with Crippen molar-refractivity contribution in [3.63, 3.8) is 0 Å². The molecule has 1 aromatic rings. The molecule has 0 bridgehead atoms. The molecule has 0 amide bonds. The molecule has 18 heavy (non-hydrogen) atoms. The Labute approximate surface area is 112 Å². The molecule has 3 heteroatoms. The van der Waals surface area contributed by atoms with E-state index in [2.05, 4.69) is 55.0 Å². The first kappa shape index (κ1) is 15.2. The number of hydrogen-bond donors (Lipinski definition) is 1. The first-order valence-electron chi connectivity index (χ1n) is 6.88. The molecule has 0 aliphatic carbocycles. The summed E-state index contributed by atoms with van der Waals surface area (Å²) in [5.41, 5.74) is 8.22. The van der Waals surface area contributed by atoms with Crippen molar-refractivity contribution in [2.24, 2.45) is 5.73 Å². The number of likely N-dealkylation sites (N-methyl/N-ethyl adjacent to an activating group) is 2. The molecular formula is C15H27N3. The SMILES string of the molecule is CCN(CC)CCN(C)Cc1cccc(CN)c1. The van der Waals surface area contributed by atoms with E-state index in [1.165, 1.54) is 11.1 Å². The maximum Gasteiger partial charge on any atom is 0.0231 e. The molecule has 3 nitrogen and oxygen atoms in total. The highest BCUT2D eigenvalue weighted by atomic mass is 15.2. The van der Waals surface area contributed by atoms with E-state index in [1.54, 1.807) is 0 Å². The molecule has 0 atom stereocenters. The van der Waals surface area contributed by atoms with Crippen LogP contribution in [0.15, 0.2) is 24.3 Å². The van der Waals surface area contributed by atoms with Crippen LogP contribution in [0.5, 0.6) is 0 Å². The van der Waals surface area contributed by atoms with Crippen LogP contribution in [0.3, 0.4) is 0 Å². The van der Waals surface area contributed by atoms with Crippen molar-refractivity contribution >= 4 is 0 Å². The van der Waals surface area contributed by atoms with Gasteiger partial charge >= 0.3 is 0 Å². The topological polar surface area (TPSA) is 32.5 Å². The summed E-state index contributed by atoms with van der Waals surface area (Å²) in [6, 6.07) is 8.55. The standard InChI is InChI=1S/C15H27N3/c1-4-18(5-2)10-9-17(3)13-15-8-6-7-14(11-15)12-16/h6-8,11H,4-5,9-10,12-13,16H2,1-3H3. The van der Waals surface area contributed by atoms with Gasteiger partial charge in [0.25, 0.3) is 0 Å². The molecule has 0 aliphatic heterocycles. The summed E-state index contributed by atoms with van der Waals surface area (Å²) in [6.45, 7) is 10.6. The van der Waals surface area contributed by atoms with Crippen LogP contribution in [0.4, 0.5) is 0 Å². The highest BCUT2D eigenvalue weighted by molar-refractivity contribution is 5.23. The zero-order valence-electron chi connectivity index (χ0n) is 12.0. The van der Waals surface area contributed by atoms with Gasteiger partial charge in [0.05, 0.1) is 0 Å². The van der Waals surface area contributed by atoms with Gasteiger partial charge in [-0.05, 0) is 31.3 Å². The van der Waals surface area contributed by atoms with Crippen LogP contribution < -0.4 is 5.73 Å². The molecule has 0 saturated carbocycles. The van der Waals surface area contributed by atoms with Gasteiger partial charge in [0, 0.05) is 26.2 Å². The van der Waals surface area contributed by atoms with Crippen LogP contribution in [0.1, 0.15) is 25.0 Å². The monoisotopic (exact) mass is 249 g/mol. The summed E-state index contributed by atoms with van der Waals surface area (Å²) >= 11 is 0. The summed E-state index contributed by atoms with van der Waals surface area (Å²) in [6.07, 6.45) is 0. The van der Waals surface area contributed by atoms with Gasteiger partial charge in [-0.15, -0.1) is 0 Å². The highest BCUT2D eigenvalue weighted by Gasteiger charge is 2.04. The van der Waals surface area contributed by atoms with Crippen LogP contribution >= 0.6 is 0 Å². The molecule has 1 aromatic carbocycles. The Morgan fingerprint density at radius 1 is 1.06 bits per heavy atom. The summed E-state index contributed by atoms with van der Waals surface area (Å²) < 4.78 is 0. The van der Waals surface area contributed by atoms with Crippen LogP contribution in [0, 0.1) is 0 Å². The van der Waals surface area contributed by atoms with Crippen molar-refractivity contribution in [1.29, 1.82) is 0 Å². The second kappa shape index (κ2) is 8.25. The van der Waals surface area contributed by atoms with Gasteiger partial charge in [-0.25, -0.2) is 0 Å². The minimum atomic E-state index is 0.622. The van der Waals surface area contributed by atoms with E-state index in [4.69, 9.17) is 5.73 Å². The molecular weight excluding hydrogens is 222 g/mol. The molecule has 0 fully saturated rings. The number of hydrogen-bond acceptors (Lipinski definition) is 3. The number of benzene rings is 1. The zero-order valence-corrected chi connectivity index (χ0v) is 12.0. The van der Waals surface area contributed by atoms with Crippen LogP contribution in [-0.4, -0.2) is 43.0 Å². The van der Waals surface area contributed by atoms with E-state index >= 15 is 0 Å². The second-order valence-electron chi connectivity index (χ2n) is 4.79. The predicted molar refractivity (Wildman–Crippen MR) is 78.5 cm³/mol. The third-order valence-corrected chi connectivity index (χ3v) is 3.37. The highest BCUT2D eigenvalue weighted by Crippen LogP contribution is 2.07. The predicted octanol–water partition coefficient (Wildman–Crippen LogP) is 1.92. The smallest absolute Gasteiger partial charge is 0.0231 e. The largest absolute Gasteiger partial charge is 0.326 e. The molecule has 0 aromatic heterocycles. The fourth-order valence-electron chi connectivity index (χ4n) is 2.10. The Bertz CT molecular complexity index is 334. The number of rotatable bonds is 8. The van der Waals surface area contributed by atoms with Crippen LogP contribution in [0.25, 0.3) is 0 Å². The zero-order chi connectivity index (χ0) is 13.4. The van der Waals surface area contributed by atoms with E-state index in [0.29, 0.717) is 6.54 Å². The molecule has 0 unspecified atom stereocenters. The van der Waals surface area contributed by atoms with E-state index in [9.17, 15) is 0 Å². The maximum atomic E-state index is 5.66. The summed E-state index contributed by atoms with van der Waals surface area (Å²) in [5.74, 6) is 0. The molecule has 2 N–H and O–H groups in total. The minimum absolute atomic E-state index is 0.622. The normalized spacial score (nSPS) is 11.4. The van der Waals surface area contributed by atoms with Crippen molar-refractivity contribution in [3.8, 4) is 0 Å². The Morgan fingerprint density at radius 2 is 1.72 bits per heavy atom. The van der Waals surface area contributed by atoms with E-state index in [1.807, 2.05) is 0 Å². The van der Waals surface area contributed by atoms with Gasteiger partial charge in [0.1, 0.15) is 0 Å². The molecule has 0 saturated heterocycles. The van der Waals surface area contributed by atoms with Gasteiger partial charge < -0.3 is 15.5 Å². The molecule has 0 aliphatic rings. The third kappa shape index (κ3) is 5.17. The van der Waals surface area contributed by atoms with Crippen LogP contribution in [-0.2, 0) is 13.1 Å². The van der Waals surface area contributed by atoms with Gasteiger partial charge in [-0.1, -0.05) is 38.1 Å². The first-order valence-corrected chi connectivity index (χ1v) is 6.88. The van der Waals surface area contributed by atoms with Crippen molar-refractivity contribution in [1.82, 2.24) is 9.80 Å². The maximum absolute atomic E-state index is 5.66.